The minimum Gasteiger partial charge on any atom is -0.616 e. The van der Waals surface area contributed by atoms with Gasteiger partial charge in [-0.15, -0.1) is 0 Å². The van der Waals surface area contributed by atoms with E-state index in [1.807, 2.05) is 0 Å². The number of esters is 1. The molecule has 2 aliphatic heterocycles. The van der Waals surface area contributed by atoms with Crippen molar-refractivity contribution in [3.8, 4) is 6.07 Å². The van der Waals surface area contributed by atoms with Crippen LogP contribution >= 0.6 is 0 Å². The summed E-state index contributed by atoms with van der Waals surface area (Å²) in [4.78, 5) is 11.2. The van der Waals surface area contributed by atoms with Crippen LogP contribution in [-0.4, -0.2) is 27.6 Å². The molecular weight excluding hydrogens is 202 g/mol. The topological polar surface area (TPSA) is 73.2 Å². The number of nitrogens with zero attached hydrogens (tertiary/aromatic N) is 1. The van der Waals surface area contributed by atoms with E-state index in [4.69, 9.17) is 10.00 Å². The van der Waals surface area contributed by atoms with Crippen molar-refractivity contribution in [3.63, 3.8) is 0 Å². The highest BCUT2D eigenvalue weighted by atomic mass is 32.2. The van der Waals surface area contributed by atoms with Crippen LogP contribution in [0, 0.1) is 17.2 Å². The van der Waals surface area contributed by atoms with Gasteiger partial charge in [-0.1, -0.05) is 6.58 Å². The van der Waals surface area contributed by atoms with Crippen molar-refractivity contribution < 1.29 is 14.1 Å². The summed E-state index contributed by atoms with van der Waals surface area (Å²) in [7, 11) is 0. The van der Waals surface area contributed by atoms with E-state index in [1.54, 1.807) is 0 Å². The number of rotatable bonds is 0. The lowest BCUT2D eigenvalue weighted by Crippen LogP contribution is -2.36. The molecule has 1 spiro atoms. The Morgan fingerprint density at radius 3 is 3.00 bits per heavy atom. The quantitative estimate of drug-likeness (QED) is 0.324. The zero-order chi connectivity index (χ0) is 10.3. The molecule has 0 aromatic rings. The Balaban J connectivity index is 2.29. The third kappa shape index (κ3) is 1.22. The Kier molecular flexibility index (Phi) is 2.05. The number of carbonyl (C=O) groups excluding carboxylic acids is 1. The van der Waals surface area contributed by atoms with E-state index in [1.165, 1.54) is 0 Å². The number of ether oxygens (including phenoxy) is 1. The Morgan fingerprint density at radius 2 is 2.50 bits per heavy atom. The maximum atomic E-state index is 11.3. The lowest BCUT2D eigenvalue weighted by Gasteiger charge is -2.20. The van der Waals surface area contributed by atoms with Crippen LogP contribution in [0.3, 0.4) is 0 Å². The lowest BCUT2D eigenvalue weighted by atomic mass is 9.88. The Hall–Kier alpha value is -0.990. The average molecular weight is 211 g/mol. The third-order valence-electron chi connectivity index (χ3n) is 2.65. The summed E-state index contributed by atoms with van der Waals surface area (Å²) in [6.45, 7) is 3.57. The van der Waals surface area contributed by atoms with Crippen LogP contribution in [0.5, 0.6) is 0 Å². The minimum atomic E-state index is -1.05. The Bertz CT molecular complexity index is 330. The van der Waals surface area contributed by atoms with Crippen molar-refractivity contribution in [1.29, 1.82) is 5.26 Å². The largest absolute Gasteiger partial charge is 0.616 e. The molecule has 0 aromatic carbocycles. The average Bonchev–Trinajstić information content (AvgIpc) is 2.55. The summed E-state index contributed by atoms with van der Waals surface area (Å²) >= 11 is -1.05. The van der Waals surface area contributed by atoms with Gasteiger partial charge in [0.15, 0.2) is 5.60 Å². The first-order valence-corrected chi connectivity index (χ1v) is 5.72. The van der Waals surface area contributed by atoms with Crippen LogP contribution in [-0.2, 0) is 20.7 Å². The molecule has 3 unspecified atom stereocenters. The van der Waals surface area contributed by atoms with Gasteiger partial charge in [0.2, 0.25) is 0 Å². The number of hydrogen-bond donors (Lipinski definition) is 0. The molecule has 0 saturated carbocycles. The highest BCUT2D eigenvalue weighted by Crippen LogP contribution is 2.42. The minimum absolute atomic E-state index is 0.274. The fraction of sp³-hybridized carbons (Fsp3) is 0.556. The first kappa shape index (κ1) is 9.56. The van der Waals surface area contributed by atoms with Gasteiger partial charge in [-0.05, 0) is 11.2 Å². The van der Waals surface area contributed by atoms with Gasteiger partial charge in [0, 0.05) is 12.0 Å². The molecule has 5 heteroatoms. The summed E-state index contributed by atoms with van der Waals surface area (Å²) in [6, 6.07) is 2.06. The van der Waals surface area contributed by atoms with E-state index >= 15 is 0 Å². The molecule has 3 atom stereocenters. The predicted molar refractivity (Wildman–Crippen MR) is 49.6 cm³/mol. The first-order valence-electron chi connectivity index (χ1n) is 4.23. The number of nitriles is 1. The van der Waals surface area contributed by atoms with Gasteiger partial charge in [0.05, 0.1) is 6.07 Å². The fourth-order valence-corrected chi connectivity index (χ4v) is 3.70. The van der Waals surface area contributed by atoms with Crippen LogP contribution in [0.1, 0.15) is 6.42 Å². The second-order valence-electron chi connectivity index (χ2n) is 3.67. The van der Waals surface area contributed by atoms with E-state index in [0.29, 0.717) is 17.7 Å². The van der Waals surface area contributed by atoms with E-state index in [-0.39, 0.29) is 5.75 Å². The van der Waals surface area contributed by atoms with Crippen molar-refractivity contribution in [2.24, 2.45) is 5.92 Å². The van der Waals surface area contributed by atoms with Crippen molar-refractivity contribution in [1.82, 2.24) is 0 Å². The molecule has 2 aliphatic rings. The molecule has 0 N–H and O–H groups in total. The van der Waals surface area contributed by atoms with Gasteiger partial charge < -0.3 is 9.29 Å². The smallest absolute Gasteiger partial charge is 0.334 e. The SMILES string of the molecule is C=C1CC2(C[S+]([O-])CC2C#N)OC1=O. The molecule has 2 rings (SSSR count). The second-order valence-corrected chi connectivity index (χ2v) is 5.17. The van der Waals surface area contributed by atoms with Crippen LogP contribution in [0.25, 0.3) is 0 Å². The normalized spacial score (nSPS) is 41.4. The standard InChI is InChI=1S/C9H9NO3S/c1-6-2-9(13-8(6)11)5-14(12)4-7(9)3-10/h7H,1-2,4-5H2. The van der Waals surface area contributed by atoms with Gasteiger partial charge in [0.25, 0.3) is 0 Å². The van der Waals surface area contributed by atoms with Gasteiger partial charge in [-0.2, -0.15) is 5.26 Å². The Morgan fingerprint density at radius 1 is 1.79 bits per heavy atom. The first-order chi connectivity index (χ1) is 6.57. The van der Waals surface area contributed by atoms with Gasteiger partial charge >= 0.3 is 5.97 Å². The third-order valence-corrected chi connectivity index (χ3v) is 4.16. The molecule has 2 saturated heterocycles. The summed E-state index contributed by atoms with van der Waals surface area (Å²) in [5, 5.41) is 8.88. The lowest BCUT2D eigenvalue weighted by molar-refractivity contribution is -0.146. The van der Waals surface area contributed by atoms with E-state index in [2.05, 4.69) is 12.6 Å². The highest BCUT2D eigenvalue weighted by molar-refractivity contribution is 7.91. The fourth-order valence-electron chi connectivity index (χ4n) is 1.93. The summed E-state index contributed by atoms with van der Waals surface area (Å²) in [6.07, 6.45) is 0.343. The van der Waals surface area contributed by atoms with Crippen molar-refractivity contribution >= 4 is 17.1 Å². The zero-order valence-corrected chi connectivity index (χ0v) is 8.30. The molecule has 0 aromatic heterocycles. The molecule has 2 fully saturated rings. The monoisotopic (exact) mass is 211 g/mol. The van der Waals surface area contributed by atoms with Gasteiger partial charge in [0.1, 0.15) is 17.4 Å². The van der Waals surface area contributed by atoms with Gasteiger partial charge in [-0.25, -0.2) is 4.79 Å². The zero-order valence-electron chi connectivity index (χ0n) is 7.49. The van der Waals surface area contributed by atoms with Crippen LogP contribution in [0.15, 0.2) is 12.2 Å². The van der Waals surface area contributed by atoms with Crippen molar-refractivity contribution in [2.75, 3.05) is 11.5 Å². The summed E-state index contributed by atoms with van der Waals surface area (Å²) < 4.78 is 16.5. The predicted octanol–water partition coefficient (Wildman–Crippen LogP) is 0.130. The van der Waals surface area contributed by atoms with Crippen LogP contribution in [0.4, 0.5) is 0 Å². The molecule has 0 radical (unpaired) electrons. The molecule has 14 heavy (non-hydrogen) atoms. The number of carbonyl (C=O) groups is 1. The molecule has 4 nitrogen and oxygen atoms in total. The second kappa shape index (κ2) is 3.01. The molecule has 74 valence electrons. The highest BCUT2D eigenvalue weighted by Gasteiger charge is 2.58. The maximum absolute atomic E-state index is 11.3. The summed E-state index contributed by atoms with van der Waals surface area (Å²) in [5.41, 5.74) is -0.461. The number of hydrogen-bond acceptors (Lipinski definition) is 4. The molecule has 0 amide bonds. The van der Waals surface area contributed by atoms with E-state index < -0.39 is 28.7 Å². The van der Waals surface area contributed by atoms with Crippen LogP contribution in [0.2, 0.25) is 0 Å². The van der Waals surface area contributed by atoms with Crippen LogP contribution < -0.4 is 0 Å². The Labute approximate surface area is 84.7 Å². The van der Waals surface area contributed by atoms with Crippen molar-refractivity contribution in [3.05, 3.63) is 12.2 Å². The molecule has 2 heterocycles. The molecular formula is C9H9NO3S. The molecule has 0 aliphatic carbocycles. The summed E-state index contributed by atoms with van der Waals surface area (Å²) in [5.74, 6) is -0.330. The maximum Gasteiger partial charge on any atom is 0.334 e. The molecule has 0 bridgehead atoms. The van der Waals surface area contributed by atoms with E-state index in [0.717, 1.165) is 0 Å². The van der Waals surface area contributed by atoms with E-state index in [9.17, 15) is 9.35 Å². The van der Waals surface area contributed by atoms with Gasteiger partial charge in [-0.3, -0.25) is 0 Å². The van der Waals surface area contributed by atoms with Crippen molar-refractivity contribution in [2.45, 2.75) is 12.0 Å².